The summed E-state index contributed by atoms with van der Waals surface area (Å²) in [6.45, 7) is 11.6. The molecule has 0 amide bonds. The number of halogens is 7. The quantitative estimate of drug-likeness (QED) is 0.113. The van der Waals surface area contributed by atoms with Crippen molar-refractivity contribution in [2.24, 2.45) is 0 Å². The Morgan fingerprint density at radius 3 is 1.17 bits per heavy atom. The van der Waals surface area contributed by atoms with E-state index in [0.717, 1.165) is 43.4 Å². The molecular weight excluding hydrogens is 1260 g/mol. The molecule has 3 aromatic carbocycles. The van der Waals surface area contributed by atoms with Gasteiger partial charge in [-0.3, -0.25) is 28.2 Å². The van der Waals surface area contributed by atoms with Gasteiger partial charge < -0.3 is 26.5 Å². The average Bonchev–Trinajstić information content (AvgIpc) is 1.66. The Morgan fingerprint density at radius 2 is 0.784 bits per heavy atom. The fourth-order valence-corrected chi connectivity index (χ4v) is 10.5. The minimum atomic E-state index is -0.656. The highest BCUT2D eigenvalue weighted by Gasteiger charge is 2.52. The number of aromatic nitrogens is 15. The first-order chi connectivity index (χ1) is 42.0. The van der Waals surface area contributed by atoms with Crippen LogP contribution >= 0.6 is 50.7 Å². The van der Waals surface area contributed by atoms with Gasteiger partial charge >= 0.3 is 7.12 Å². The molecule has 1 aliphatic heterocycles. The predicted octanol–water partition coefficient (Wildman–Crippen LogP) is 12.7. The van der Waals surface area contributed by atoms with E-state index in [1.807, 2.05) is 103 Å². The maximum atomic E-state index is 13.2. The van der Waals surface area contributed by atoms with Crippen molar-refractivity contribution in [3.8, 4) is 56.0 Å². The van der Waals surface area contributed by atoms with Gasteiger partial charge in [-0.2, -0.15) is 0 Å². The van der Waals surface area contributed by atoms with E-state index in [1.165, 1.54) is 19.0 Å². The van der Waals surface area contributed by atoms with Crippen LogP contribution < -0.4 is 22.7 Å². The van der Waals surface area contributed by atoms with Crippen LogP contribution in [0.3, 0.4) is 0 Å². The van der Waals surface area contributed by atoms with Crippen LogP contribution in [0, 0.1) is 20.8 Å². The van der Waals surface area contributed by atoms with Crippen LogP contribution in [-0.2, 0) is 29.3 Å². The molecule has 1 aliphatic rings. The molecule has 0 saturated carbocycles. The SMILES string of the molecule is Cc1cc(-c2c(-c3ccc(Cl)cc3)nc(N)n3cnnc23)cc(CF)n1.Cc1cc(-c2c(-c3ccc(Cl)cc3)nc(N)n3cnnc23)cc(CF)n1.Cc1cc(B2OC(C)(C)C(C)(C)O2)cc(CF)n1.Nc1nc(-c2ccc(Cl)cc2)c(Br)c2nncn12. The molecule has 0 spiro atoms. The van der Waals surface area contributed by atoms with E-state index < -0.39 is 27.1 Å². The average molecular weight is 1310 g/mol. The molecule has 1 fully saturated rings. The van der Waals surface area contributed by atoms with Crippen molar-refractivity contribution in [1.29, 1.82) is 0 Å². The molecule has 0 atom stereocenters. The van der Waals surface area contributed by atoms with Crippen LogP contribution in [0.5, 0.6) is 0 Å². The van der Waals surface area contributed by atoms with Gasteiger partial charge in [0.1, 0.15) is 39.0 Å². The lowest BCUT2D eigenvalue weighted by Crippen LogP contribution is -2.41. The summed E-state index contributed by atoms with van der Waals surface area (Å²) in [4.78, 5) is 25.9. The Morgan fingerprint density at radius 1 is 0.455 bits per heavy atom. The van der Waals surface area contributed by atoms with Crippen LogP contribution in [0.15, 0.2) is 133 Å². The van der Waals surface area contributed by atoms with Crippen LogP contribution in [0.25, 0.3) is 73.0 Å². The van der Waals surface area contributed by atoms with Gasteiger partial charge in [0.25, 0.3) is 0 Å². The maximum Gasteiger partial charge on any atom is 0.494 e. The van der Waals surface area contributed by atoms with E-state index in [2.05, 4.69) is 76.4 Å². The van der Waals surface area contributed by atoms with Crippen molar-refractivity contribution in [3.63, 3.8) is 0 Å². The summed E-state index contributed by atoms with van der Waals surface area (Å²) < 4.78 is 56.6. The monoisotopic (exact) mass is 1310 g/mol. The van der Waals surface area contributed by atoms with E-state index >= 15 is 0 Å². The number of nitrogens with two attached hydrogens (primary N) is 3. The molecule has 28 heteroatoms. The molecule has 0 radical (unpaired) electrons. The lowest BCUT2D eigenvalue weighted by Gasteiger charge is -2.32. The van der Waals surface area contributed by atoms with Gasteiger partial charge in [-0.05, 0) is 154 Å². The van der Waals surface area contributed by atoms with Crippen LogP contribution in [0.1, 0.15) is 61.9 Å². The molecule has 12 aromatic rings. The highest BCUT2D eigenvalue weighted by molar-refractivity contribution is 9.10. The second-order valence-corrected chi connectivity index (χ2v) is 23.2. The summed E-state index contributed by atoms with van der Waals surface area (Å²) in [6, 6.07) is 32.5. The number of fused-ring (bicyclic) bond motifs is 3. The first kappa shape index (κ1) is 62.3. The van der Waals surface area contributed by atoms with Crippen LogP contribution in [0.2, 0.25) is 15.1 Å². The smallest absolute Gasteiger partial charge is 0.399 e. The molecule has 0 aliphatic carbocycles. The lowest BCUT2D eigenvalue weighted by atomic mass is 9.79. The molecule has 88 heavy (non-hydrogen) atoms. The number of nitrogen functional groups attached to an aromatic ring is 3. The Kier molecular flexibility index (Phi) is 18.4. The predicted molar refractivity (Wildman–Crippen MR) is 340 cm³/mol. The van der Waals surface area contributed by atoms with Gasteiger partial charge in [0.2, 0.25) is 17.8 Å². The third-order valence-electron chi connectivity index (χ3n) is 14.3. The van der Waals surface area contributed by atoms with E-state index in [0.29, 0.717) is 94.6 Å². The summed E-state index contributed by atoms with van der Waals surface area (Å²) >= 11 is 21.3. The number of anilines is 3. The Labute approximate surface area is 526 Å². The zero-order chi connectivity index (χ0) is 62.8. The number of pyridine rings is 3. The summed E-state index contributed by atoms with van der Waals surface area (Å²) in [5.74, 6) is 0.855. The maximum absolute atomic E-state index is 13.2. The van der Waals surface area contributed by atoms with Gasteiger partial charge in [0, 0.05) is 48.8 Å². The second-order valence-electron chi connectivity index (χ2n) is 21.1. The van der Waals surface area contributed by atoms with Gasteiger partial charge in [0.15, 0.2) is 16.9 Å². The standard InChI is InChI=1S/2C18H14ClFN6.C13H19BFNO2.C11H7BrClN5/c2*1-10-6-12(7-14(8-20)23-10)15-16(11-2-4-13(19)5-3-11)24-18(21)26-9-22-25-17(15)26;1-9-6-10(7-11(8-15)16-9)14-17-12(2,3)13(4,5)18-14;12-8-9(6-1-3-7(13)4-2-6)16-11(14)18-5-15-17-10(8)18/h2*2-7,9H,8H2,1H3,(H2,21,24);6-7H,8H2,1-5H3;1-5H,(H2,14,16). The molecule has 1 saturated heterocycles. The third-order valence-corrected chi connectivity index (χ3v) is 15.8. The molecular formula is C60H54BBrCl3F3N18O2. The molecule has 448 valence electrons. The topological polar surface area (TPSA) is 264 Å². The molecule has 20 nitrogen and oxygen atoms in total. The highest BCUT2D eigenvalue weighted by Crippen LogP contribution is 2.39. The normalized spacial score (nSPS) is 13.2. The summed E-state index contributed by atoms with van der Waals surface area (Å²) in [6.07, 6.45) is 4.52. The second kappa shape index (κ2) is 25.9. The minimum Gasteiger partial charge on any atom is -0.399 e. The van der Waals surface area contributed by atoms with Gasteiger partial charge in [0.05, 0.1) is 61.0 Å². The highest BCUT2D eigenvalue weighted by atomic mass is 79.9. The minimum absolute atomic E-state index is 0.259. The summed E-state index contributed by atoms with van der Waals surface area (Å²) in [7, 11) is -0.456. The lowest BCUT2D eigenvalue weighted by molar-refractivity contribution is 0.00578. The van der Waals surface area contributed by atoms with Gasteiger partial charge in [-0.25, -0.2) is 28.1 Å². The number of benzene rings is 3. The van der Waals surface area contributed by atoms with E-state index in [1.54, 1.807) is 67.8 Å². The van der Waals surface area contributed by atoms with Crippen molar-refractivity contribution >= 4 is 98.1 Å². The largest absolute Gasteiger partial charge is 0.494 e. The van der Waals surface area contributed by atoms with Crippen molar-refractivity contribution in [2.45, 2.75) is 79.7 Å². The van der Waals surface area contributed by atoms with Crippen molar-refractivity contribution in [2.75, 3.05) is 17.2 Å². The summed E-state index contributed by atoms with van der Waals surface area (Å²) in [5.41, 5.74) is 30.5. The van der Waals surface area contributed by atoms with E-state index in [4.69, 9.17) is 61.3 Å². The Balaban J connectivity index is 0.000000132. The number of rotatable bonds is 9. The van der Waals surface area contributed by atoms with Crippen LogP contribution in [-0.4, -0.2) is 92.0 Å². The first-order valence-corrected chi connectivity index (χ1v) is 28.9. The van der Waals surface area contributed by atoms with Crippen molar-refractivity contribution < 1.29 is 22.5 Å². The number of aryl methyl sites for hydroxylation is 3. The Bertz CT molecular complexity index is 4330. The van der Waals surface area contributed by atoms with Gasteiger partial charge in [-0.1, -0.05) is 71.2 Å². The molecule has 13 rings (SSSR count). The Hall–Kier alpha value is -8.72. The number of alkyl halides is 3. The van der Waals surface area contributed by atoms with Gasteiger partial charge in [-0.15, -0.1) is 30.6 Å². The van der Waals surface area contributed by atoms with Crippen molar-refractivity contribution in [3.05, 3.63) is 182 Å². The number of nitrogens with zero attached hydrogens (tertiary/aromatic N) is 15. The molecule has 6 N–H and O–H groups in total. The molecule has 0 unspecified atom stereocenters. The number of hydrogen-bond acceptors (Lipinski definition) is 17. The van der Waals surface area contributed by atoms with E-state index in [-0.39, 0.29) is 23.1 Å². The third kappa shape index (κ3) is 13.2. The molecule has 9 aromatic heterocycles. The zero-order valence-electron chi connectivity index (χ0n) is 48.2. The van der Waals surface area contributed by atoms with Crippen molar-refractivity contribution in [1.82, 2.24) is 73.7 Å². The zero-order valence-corrected chi connectivity index (χ0v) is 52.1. The summed E-state index contributed by atoms with van der Waals surface area (Å²) in [5, 5.41) is 26.0. The first-order valence-electron chi connectivity index (χ1n) is 26.9. The van der Waals surface area contributed by atoms with E-state index in [9.17, 15) is 13.2 Å². The molecule has 0 bridgehead atoms. The fourth-order valence-electron chi connectivity index (χ4n) is 9.50. The number of hydrogen-bond donors (Lipinski definition) is 3. The van der Waals surface area contributed by atoms with Crippen LogP contribution in [0.4, 0.5) is 31.0 Å². The molecule has 10 heterocycles. The fraction of sp³-hybridized carbons (Fsp3) is 0.200.